The molecule has 0 unspecified atom stereocenters. The van der Waals surface area contributed by atoms with E-state index in [0.717, 1.165) is 0 Å². The lowest BCUT2D eigenvalue weighted by Crippen LogP contribution is -2.14. The lowest BCUT2D eigenvalue weighted by molar-refractivity contribution is -0.386. The molecular formula is C39H33N3O9. The minimum Gasteiger partial charge on any atom is -0.289 e. The summed E-state index contributed by atoms with van der Waals surface area (Å²) in [5.41, 5.74) is -4.08. The number of nitrogens with zero attached hydrogens (tertiary/aromatic N) is 3. The van der Waals surface area contributed by atoms with Crippen molar-refractivity contribution in [2.45, 2.75) is 78.6 Å². The zero-order valence-corrected chi connectivity index (χ0v) is 29.5. The fourth-order valence-corrected chi connectivity index (χ4v) is 7.85. The summed E-state index contributed by atoms with van der Waals surface area (Å²) in [6, 6.07) is 8.28. The van der Waals surface area contributed by atoms with Crippen LogP contribution >= 0.6 is 0 Å². The maximum absolute atomic E-state index is 14.6. The lowest BCUT2D eigenvalue weighted by atomic mass is 9.84. The van der Waals surface area contributed by atoms with Gasteiger partial charge in [-0.15, -0.1) is 0 Å². The fraction of sp³-hybridized carbons (Fsp3) is 0.308. The van der Waals surface area contributed by atoms with Gasteiger partial charge in [0.2, 0.25) is 0 Å². The molecule has 0 heterocycles. The molecule has 0 fully saturated rings. The lowest BCUT2D eigenvalue weighted by Gasteiger charge is -2.19. The van der Waals surface area contributed by atoms with E-state index in [2.05, 4.69) is 0 Å². The number of nitro benzene ring substituents is 3. The first-order valence-corrected chi connectivity index (χ1v) is 16.3. The molecule has 258 valence electrons. The highest BCUT2D eigenvalue weighted by Gasteiger charge is 2.35. The Balaban J connectivity index is 1.92. The van der Waals surface area contributed by atoms with Crippen molar-refractivity contribution in [2.24, 2.45) is 0 Å². The summed E-state index contributed by atoms with van der Waals surface area (Å²) in [6.45, 7) is 16.1. The van der Waals surface area contributed by atoms with Gasteiger partial charge in [0.15, 0.2) is 16.3 Å². The van der Waals surface area contributed by atoms with Crippen LogP contribution in [0.2, 0.25) is 0 Å². The largest absolute Gasteiger partial charge is 0.289 e. The molecule has 0 aliphatic carbocycles. The van der Waals surface area contributed by atoms with Gasteiger partial charge in [0.1, 0.15) is 0 Å². The SMILES string of the molecule is CC(C)(C)c1cc2c(cc1[N+](=O)[O-])c(=O)c1c2c2c(=O)c3cc([N+](=O)[O-])c(C(C)(C)C)cc3c2c2c(=O)c3cc([N+](=O)[O-])c(C(C)(C)C)cc3c12. The average Bonchev–Trinajstić information content (AvgIpc) is 3.58. The summed E-state index contributed by atoms with van der Waals surface area (Å²) in [7, 11) is 0. The highest BCUT2D eigenvalue weighted by Crippen LogP contribution is 2.47. The molecule has 0 saturated carbocycles. The summed E-state index contributed by atoms with van der Waals surface area (Å²) in [5.74, 6) is 0. The predicted octanol–water partition coefficient (Wildman–Crippen LogP) is 8.62. The van der Waals surface area contributed by atoms with Crippen LogP contribution in [0.25, 0.3) is 64.6 Å². The van der Waals surface area contributed by atoms with Crippen LogP contribution in [0.3, 0.4) is 0 Å². The highest BCUT2D eigenvalue weighted by molar-refractivity contribution is 6.43. The molecule has 0 aliphatic rings. The van der Waals surface area contributed by atoms with Gasteiger partial charge in [-0.05, 0) is 50.6 Å². The number of rotatable bonds is 3. The second kappa shape index (κ2) is 10.1. The highest BCUT2D eigenvalue weighted by atomic mass is 16.6. The van der Waals surface area contributed by atoms with Crippen molar-refractivity contribution in [1.82, 2.24) is 0 Å². The minimum atomic E-state index is -0.762. The van der Waals surface area contributed by atoms with Crippen molar-refractivity contribution in [1.29, 1.82) is 0 Å². The smallest absolute Gasteiger partial charge is 0.273 e. The fourth-order valence-electron chi connectivity index (χ4n) is 7.85. The normalized spacial score (nSPS) is 13.1. The molecular weight excluding hydrogens is 654 g/mol. The zero-order chi connectivity index (χ0) is 37.6. The predicted molar refractivity (Wildman–Crippen MR) is 200 cm³/mol. The third-order valence-corrected chi connectivity index (χ3v) is 10.1. The van der Waals surface area contributed by atoms with Gasteiger partial charge in [0.05, 0.1) is 14.8 Å². The van der Waals surface area contributed by atoms with E-state index in [1.54, 1.807) is 80.5 Å². The Morgan fingerprint density at radius 2 is 0.588 bits per heavy atom. The van der Waals surface area contributed by atoms with Crippen molar-refractivity contribution < 1.29 is 14.8 Å². The second-order valence-corrected chi connectivity index (χ2v) is 16.5. The zero-order valence-electron chi connectivity index (χ0n) is 29.5. The van der Waals surface area contributed by atoms with Crippen molar-refractivity contribution in [3.63, 3.8) is 0 Å². The van der Waals surface area contributed by atoms with Crippen molar-refractivity contribution >= 4 is 81.7 Å². The molecule has 0 N–H and O–H groups in total. The molecule has 0 aliphatic heterocycles. The minimum absolute atomic E-state index is 0.00776. The van der Waals surface area contributed by atoms with Crippen LogP contribution in [0.15, 0.2) is 50.8 Å². The molecule has 0 amide bonds. The van der Waals surface area contributed by atoms with Crippen LogP contribution in [-0.4, -0.2) is 14.8 Å². The van der Waals surface area contributed by atoms with Crippen LogP contribution < -0.4 is 16.3 Å². The third kappa shape index (κ3) is 4.48. The monoisotopic (exact) mass is 687 g/mol. The van der Waals surface area contributed by atoms with E-state index in [4.69, 9.17) is 0 Å². The van der Waals surface area contributed by atoms with Gasteiger partial charge in [0.25, 0.3) is 17.1 Å². The molecule has 7 aromatic rings. The van der Waals surface area contributed by atoms with E-state index >= 15 is 0 Å². The van der Waals surface area contributed by atoms with Crippen LogP contribution in [0.5, 0.6) is 0 Å². The van der Waals surface area contributed by atoms with Crippen molar-refractivity contribution in [3.8, 4) is 0 Å². The van der Waals surface area contributed by atoms with Crippen LogP contribution in [-0.2, 0) is 16.2 Å². The first-order valence-electron chi connectivity index (χ1n) is 16.3. The Kier molecular flexibility index (Phi) is 6.64. The van der Waals surface area contributed by atoms with Crippen LogP contribution in [0, 0.1) is 30.3 Å². The van der Waals surface area contributed by atoms with E-state index in [-0.39, 0.29) is 81.7 Å². The molecule has 0 spiro atoms. The summed E-state index contributed by atoms with van der Waals surface area (Å²) < 4.78 is 0. The van der Waals surface area contributed by atoms with Crippen LogP contribution in [0.4, 0.5) is 17.1 Å². The number of hydrogen-bond acceptors (Lipinski definition) is 9. The van der Waals surface area contributed by atoms with Crippen LogP contribution in [0.1, 0.15) is 79.0 Å². The maximum Gasteiger partial charge on any atom is 0.273 e. The molecule has 0 bridgehead atoms. The Morgan fingerprint density at radius 1 is 0.373 bits per heavy atom. The summed E-state index contributed by atoms with van der Waals surface area (Å²) in [6.07, 6.45) is 0. The summed E-state index contributed by atoms with van der Waals surface area (Å²) in [5, 5.41) is 38.3. The molecule has 0 atom stereocenters. The van der Waals surface area contributed by atoms with Gasteiger partial charge < -0.3 is 0 Å². The van der Waals surface area contributed by atoms with E-state index in [9.17, 15) is 44.7 Å². The molecule has 7 aromatic carbocycles. The first kappa shape index (κ1) is 33.6. The number of hydrogen-bond donors (Lipinski definition) is 0. The van der Waals surface area contributed by atoms with E-state index in [1.807, 2.05) is 0 Å². The molecule has 0 saturated heterocycles. The van der Waals surface area contributed by atoms with E-state index in [0.29, 0.717) is 16.7 Å². The van der Waals surface area contributed by atoms with Gasteiger partial charge in [-0.25, -0.2) is 0 Å². The Hall–Kier alpha value is -5.91. The molecule has 7 rings (SSSR count). The molecule has 12 nitrogen and oxygen atoms in total. The standard InChI is InChI=1S/C39H33N3O9/c1-37(2,3)22-10-16-19(13-25(22)40(46)47)34(43)31-28(16)32-30(17-11-23(38(4,5)6)26(41(48)49)14-20(17)35(32)44)33-29(31)18-12-24(39(7,8)9)27(42(50)51)15-21(18)36(33)45/h10-15H,1-9H3. The number of fused-ring (bicyclic) bond motifs is 12. The molecule has 0 aromatic heterocycles. The summed E-state index contributed by atoms with van der Waals surface area (Å²) >= 11 is 0. The second-order valence-electron chi connectivity index (χ2n) is 16.5. The number of nitro groups is 3. The quantitative estimate of drug-likeness (QED) is 0.130. The van der Waals surface area contributed by atoms with Gasteiger partial charge in [0, 0.05) is 83.4 Å². The van der Waals surface area contributed by atoms with Gasteiger partial charge in [-0.3, -0.25) is 44.7 Å². The Morgan fingerprint density at radius 3 is 0.765 bits per heavy atom. The third-order valence-electron chi connectivity index (χ3n) is 10.1. The van der Waals surface area contributed by atoms with E-state index in [1.165, 1.54) is 18.2 Å². The molecule has 0 radical (unpaired) electrons. The van der Waals surface area contributed by atoms with Gasteiger partial charge in [-0.1, -0.05) is 62.3 Å². The first-order chi connectivity index (χ1) is 23.5. The molecule has 12 heteroatoms. The van der Waals surface area contributed by atoms with Crippen molar-refractivity contribution in [2.75, 3.05) is 0 Å². The Labute approximate surface area is 288 Å². The number of benzene rings is 4. The average molecular weight is 688 g/mol. The topological polar surface area (TPSA) is 181 Å². The van der Waals surface area contributed by atoms with E-state index < -0.39 is 47.3 Å². The van der Waals surface area contributed by atoms with Gasteiger partial charge >= 0.3 is 0 Å². The Bertz CT molecular complexity index is 2600. The van der Waals surface area contributed by atoms with Gasteiger partial charge in [-0.2, -0.15) is 0 Å². The molecule has 51 heavy (non-hydrogen) atoms. The maximum atomic E-state index is 14.6. The van der Waals surface area contributed by atoms with Crippen molar-refractivity contribution in [3.05, 3.63) is 114 Å². The summed E-state index contributed by atoms with van der Waals surface area (Å²) in [4.78, 5) is 79.2.